The van der Waals surface area contributed by atoms with Gasteiger partial charge in [-0.1, -0.05) is 52.8 Å². The first-order valence-electron chi connectivity index (χ1n) is 12.9. The van der Waals surface area contributed by atoms with E-state index in [2.05, 4.69) is 25.2 Å². The first-order valence-corrected chi connectivity index (χ1v) is 12.9. The molecule has 0 aliphatic heterocycles. The smallest absolute Gasteiger partial charge is 0.322 e. The highest BCUT2D eigenvalue weighted by atomic mass is 16.5. The molecule has 0 spiro atoms. The molecule has 2 atom stereocenters. The van der Waals surface area contributed by atoms with Gasteiger partial charge in [0.2, 0.25) is 0 Å². The van der Waals surface area contributed by atoms with Crippen molar-refractivity contribution in [2.75, 3.05) is 6.54 Å². The van der Waals surface area contributed by atoms with Gasteiger partial charge in [-0.2, -0.15) is 0 Å². The molecule has 2 aromatic rings. The molecule has 2 aromatic carbocycles. The van der Waals surface area contributed by atoms with Crippen molar-refractivity contribution in [1.29, 1.82) is 0 Å². The Kier molecular flexibility index (Phi) is 10.3. The number of rotatable bonds is 12. The quantitative estimate of drug-likeness (QED) is 0.291. The van der Waals surface area contributed by atoms with E-state index in [0.29, 0.717) is 16.9 Å². The number of ether oxygens (including phenoxy) is 1. The number of aliphatic hydroxyl groups excluding tert-OH is 1. The fraction of sp³-hybridized carbons (Fsp3) is 0.517. The Morgan fingerprint density at radius 2 is 1.51 bits per heavy atom. The molecule has 1 amide bonds. The van der Waals surface area contributed by atoms with Gasteiger partial charge in [0.1, 0.15) is 18.4 Å². The molecule has 37 heavy (non-hydrogen) atoms. The van der Waals surface area contributed by atoms with Gasteiger partial charge in [0, 0.05) is 29.6 Å². The molecule has 8 nitrogen and oxygen atoms in total. The van der Waals surface area contributed by atoms with Crippen LogP contribution in [0.3, 0.4) is 0 Å². The topological polar surface area (TPSA) is 148 Å². The Labute approximate surface area is 220 Å². The molecule has 0 aliphatic rings. The van der Waals surface area contributed by atoms with Crippen LogP contribution in [0.2, 0.25) is 0 Å². The van der Waals surface area contributed by atoms with Gasteiger partial charge in [-0.25, -0.2) is 0 Å². The van der Waals surface area contributed by atoms with E-state index in [1.54, 1.807) is 6.07 Å². The van der Waals surface area contributed by atoms with Crippen LogP contribution in [0, 0.1) is 5.41 Å². The summed E-state index contributed by atoms with van der Waals surface area (Å²) in [6.07, 6.45) is 0.525. The number of hydrogen-bond acceptors (Lipinski definition) is 6. The molecule has 0 heterocycles. The van der Waals surface area contributed by atoms with Crippen LogP contribution < -0.4 is 21.5 Å². The summed E-state index contributed by atoms with van der Waals surface area (Å²) in [5, 5.41) is 21.9. The van der Waals surface area contributed by atoms with E-state index >= 15 is 0 Å². The van der Waals surface area contributed by atoms with Gasteiger partial charge < -0.3 is 31.7 Å². The Bertz CT molecular complexity index is 1090. The van der Waals surface area contributed by atoms with Crippen LogP contribution in [-0.4, -0.2) is 40.8 Å². The van der Waals surface area contributed by atoms with Gasteiger partial charge >= 0.3 is 5.97 Å². The predicted molar refractivity (Wildman–Crippen MR) is 146 cm³/mol. The minimum absolute atomic E-state index is 0.141. The van der Waals surface area contributed by atoms with E-state index < -0.39 is 30.6 Å². The maximum atomic E-state index is 12.5. The summed E-state index contributed by atoms with van der Waals surface area (Å²) >= 11 is 0. The zero-order valence-electron chi connectivity index (χ0n) is 22.9. The highest BCUT2D eigenvalue weighted by Crippen LogP contribution is 2.41. The standard InChI is InChI=1S/C29H43N3O5/c1-7-29(8-2,21-9-11-23(19(13-21)15-30)27(36)32-17-25(33)34)22-10-12-24(20(14-22)16-31)37-18(3)26(35)28(4,5)6/h9-14,18,26,35H,7-8,15-17,30-31H2,1-6H3,(H,32,36)(H,33,34). The third-order valence-corrected chi connectivity index (χ3v) is 7.21. The molecule has 0 fully saturated rings. The summed E-state index contributed by atoms with van der Waals surface area (Å²) in [6.45, 7) is 12.0. The maximum absolute atomic E-state index is 12.5. The highest BCUT2D eigenvalue weighted by molar-refractivity contribution is 5.97. The van der Waals surface area contributed by atoms with Crippen LogP contribution in [0.1, 0.15) is 87.0 Å². The van der Waals surface area contributed by atoms with E-state index in [1.807, 2.05) is 52.0 Å². The molecule has 0 saturated heterocycles. The van der Waals surface area contributed by atoms with Gasteiger partial charge in [-0.15, -0.1) is 0 Å². The molecule has 0 radical (unpaired) electrons. The van der Waals surface area contributed by atoms with Gasteiger partial charge in [0.25, 0.3) is 5.91 Å². The van der Waals surface area contributed by atoms with Crippen molar-refractivity contribution in [2.24, 2.45) is 16.9 Å². The lowest BCUT2D eigenvalue weighted by Crippen LogP contribution is -2.39. The number of nitrogens with one attached hydrogen (secondary N) is 1. The van der Waals surface area contributed by atoms with Gasteiger partial charge in [-0.05, 0) is 60.1 Å². The Balaban J connectivity index is 2.49. The zero-order valence-corrected chi connectivity index (χ0v) is 22.9. The van der Waals surface area contributed by atoms with Crippen LogP contribution in [0.4, 0.5) is 0 Å². The SMILES string of the molecule is CCC(CC)(c1ccc(OC(C)C(O)C(C)(C)C)c(CN)c1)c1ccc(C(=O)NCC(=O)O)c(CN)c1. The second-order valence-electron chi connectivity index (χ2n) is 10.6. The van der Waals surface area contributed by atoms with Crippen molar-refractivity contribution in [2.45, 2.75) is 85.1 Å². The fourth-order valence-corrected chi connectivity index (χ4v) is 4.89. The molecule has 2 unspecified atom stereocenters. The molecule has 2 rings (SSSR count). The average molecular weight is 514 g/mol. The number of benzene rings is 2. The molecular weight excluding hydrogens is 470 g/mol. The Morgan fingerprint density at radius 3 is 2.00 bits per heavy atom. The first kappa shape index (κ1) is 30.3. The minimum atomic E-state index is -1.11. The monoisotopic (exact) mass is 513 g/mol. The maximum Gasteiger partial charge on any atom is 0.322 e. The molecule has 0 bridgehead atoms. The summed E-state index contributed by atoms with van der Waals surface area (Å²) in [7, 11) is 0. The van der Waals surface area contributed by atoms with Crippen LogP contribution >= 0.6 is 0 Å². The lowest BCUT2D eigenvalue weighted by atomic mass is 9.69. The van der Waals surface area contributed by atoms with E-state index in [1.165, 1.54) is 0 Å². The molecular formula is C29H43N3O5. The van der Waals surface area contributed by atoms with Crippen LogP contribution in [-0.2, 0) is 23.3 Å². The van der Waals surface area contributed by atoms with Crippen molar-refractivity contribution in [3.05, 3.63) is 64.2 Å². The second-order valence-corrected chi connectivity index (χ2v) is 10.6. The molecule has 0 aromatic heterocycles. The number of carbonyl (C=O) groups excluding carboxylic acids is 1. The summed E-state index contributed by atoms with van der Waals surface area (Å²) in [4.78, 5) is 23.4. The van der Waals surface area contributed by atoms with Gasteiger partial charge in [0.05, 0.1) is 6.10 Å². The summed E-state index contributed by atoms with van der Waals surface area (Å²) < 4.78 is 6.15. The van der Waals surface area contributed by atoms with Crippen LogP contribution in [0.5, 0.6) is 5.75 Å². The van der Waals surface area contributed by atoms with Crippen LogP contribution in [0.15, 0.2) is 36.4 Å². The van der Waals surface area contributed by atoms with E-state index in [0.717, 1.165) is 29.5 Å². The molecule has 0 saturated carbocycles. The van der Waals surface area contributed by atoms with Crippen molar-refractivity contribution in [3.63, 3.8) is 0 Å². The van der Waals surface area contributed by atoms with E-state index in [9.17, 15) is 14.7 Å². The number of carbonyl (C=O) groups is 2. The third kappa shape index (κ3) is 6.89. The van der Waals surface area contributed by atoms with Crippen molar-refractivity contribution >= 4 is 11.9 Å². The number of aliphatic carboxylic acids is 1. The lowest BCUT2D eigenvalue weighted by molar-refractivity contribution is -0.135. The number of nitrogens with two attached hydrogens (primary N) is 2. The molecule has 0 aliphatic carbocycles. The van der Waals surface area contributed by atoms with Gasteiger partial charge in [0.15, 0.2) is 0 Å². The second kappa shape index (κ2) is 12.5. The number of amides is 1. The number of aliphatic hydroxyl groups is 1. The van der Waals surface area contributed by atoms with Crippen molar-refractivity contribution in [3.8, 4) is 5.75 Å². The summed E-state index contributed by atoms with van der Waals surface area (Å²) in [5.74, 6) is -0.927. The van der Waals surface area contributed by atoms with E-state index in [4.69, 9.17) is 21.3 Å². The van der Waals surface area contributed by atoms with Gasteiger partial charge in [-0.3, -0.25) is 9.59 Å². The first-order chi connectivity index (χ1) is 17.3. The number of hydrogen-bond donors (Lipinski definition) is 5. The lowest BCUT2D eigenvalue weighted by Gasteiger charge is -2.35. The Morgan fingerprint density at radius 1 is 0.973 bits per heavy atom. The Hall–Kier alpha value is -2.94. The third-order valence-electron chi connectivity index (χ3n) is 7.21. The summed E-state index contributed by atoms with van der Waals surface area (Å²) in [5.41, 5.74) is 15.4. The minimum Gasteiger partial charge on any atom is -0.488 e. The zero-order chi connectivity index (χ0) is 28.0. The molecule has 204 valence electrons. The highest BCUT2D eigenvalue weighted by Gasteiger charge is 2.33. The van der Waals surface area contributed by atoms with Crippen LogP contribution in [0.25, 0.3) is 0 Å². The fourth-order valence-electron chi connectivity index (χ4n) is 4.89. The number of carboxylic acid groups (broad SMARTS) is 1. The molecule has 7 N–H and O–H groups in total. The molecule has 8 heteroatoms. The largest absolute Gasteiger partial charge is 0.488 e. The number of carboxylic acids is 1. The summed E-state index contributed by atoms with van der Waals surface area (Å²) in [6, 6.07) is 11.6. The van der Waals surface area contributed by atoms with E-state index in [-0.39, 0.29) is 23.9 Å². The van der Waals surface area contributed by atoms with Crippen molar-refractivity contribution < 1.29 is 24.5 Å². The average Bonchev–Trinajstić information content (AvgIpc) is 2.87. The van der Waals surface area contributed by atoms with Crippen molar-refractivity contribution in [1.82, 2.24) is 5.32 Å². The predicted octanol–water partition coefficient (Wildman–Crippen LogP) is 3.70. The normalized spacial score (nSPS) is 13.6.